The number of rotatable bonds is 8. The number of ether oxygens (including phenoxy) is 3. The molecule has 0 saturated carbocycles. The van der Waals surface area contributed by atoms with Gasteiger partial charge in [-0.25, -0.2) is 4.98 Å². The highest BCUT2D eigenvalue weighted by molar-refractivity contribution is 14.0. The highest BCUT2D eigenvalue weighted by Crippen LogP contribution is 2.23. The van der Waals surface area contributed by atoms with E-state index in [-0.39, 0.29) is 30.0 Å². The van der Waals surface area contributed by atoms with Crippen molar-refractivity contribution >= 4 is 29.9 Å². The van der Waals surface area contributed by atoms with Crippen LogP contribution in [0.25, 0.3) is 0 Å². The van der Waals surface area contributed by atoms with Crippen LogP contribution >= 0.6 is 24.0 Å². The van der Waals surface area contributed by atoms with Crippen LogP contribution < -0.4 is 20.1 Å². The lowest BCUT2D eigenvalue weighted by atomic mass is 10.3. The summed E-state index contributed by atoms with van der Waals surface area (Å²) >= 11 is 0. The standard InChI is InChI=1S/C19H26N4O3.HI/c1-14(13-24-3)23-19(20-2)22-12-15-8-9-18(21-11-15)26-17-7-5-6-16(10-17)25-4;/h5-11,14H,12-13H2,1-4H3,(H2,20,22,23);1H. The average molecular weight is 486 g/mol. The van der Waals surface area contributed by atoms with Gasteiger partial charge in [0.2, 0.25) is 5.88 Å². The molecule has 148 valence electrons. The van der Waals surface area contributed by atoms with Crippen molar-refractivity contribution < 1.29 is 14.2 Å². The molecule has 1 atom stereocenters. The minimum absolute atomic E-state index is 0. The number of aromatic nitrogens is 1. The lowest BCUT2D eigenvalue weighted by molar-refractivity contribution is 0.179. The molecule has 27 heavy (non-hydrogen) atoms. The largest absolute Gasteiger partial charge is 0.497 e. The maximum Gasteiger partial charge on any atom is 0.219 e. The van der Waals surface area contributed by atoms with Gasteiger partial charge in [0.05, 0.1) is 13.7 Å². The fourth-order valence-corrected chi connectivity index (χ4v) is 2.27. The lowest BCUT2D eigenvalue weighted by Gasteiger charge is -2.17. The molecule has 0 radical (unpaired) electrons. The summed E-state index contributed by atoms with van der Waals surface area (Å²) in [7, 11) is 5.03. The summed E-state index contributed by atoms with van der Waals surface area (Å²) in [5, 5.41) is 6.49. The van der Waals surface area contributed by atoms with Crippen LogP contribution in [0.4, 0.5) is 0 Å². The zero-order valence-electron chi connectivity index (χ0n) is 16.1. The first kappa shape index (κ1) is 23.0. The topological polar surface area (TPSA) is 77.0 Å². The summed E-state index contributed by atoms with van der Waals surface area (Å²) in [6.45, 7) is 3.24. The third-order valence-corrected chi connectivity index (χ3v) is 3.54. The van der Waals surface area contributed by atoms with Gasteiger partial charge in [0.15, 0.2) is 5.96 Å². The first-order valence-corrected chi connectivity index (χ1v) is 8.37. The van der Waals surface area contributed by atoms with Gasteiger partial charge < -0.3 is 24.8 Å². The monoisotopic (exact) mass is 486 g/mol. The minimum Gasteiger partial charge on any atom is -0.497 e. The molecule has 0 amide bonds. The predicted molar refractivity (Wildman–Crippen MR) is 117 cm³/mol. The Bertz CT molecular complexity index is 710. The van der Waals surface area contributed by atoms with Crippen molar-refractivity contribution in [1.82, 2.24) is 15.6 Å². The molecule has 0 aliphatic rings. The molecule has 1 aromatic heterocycles. The van der Waals surface area contributed by atoms with Crippen molar-refractivity contribution in [3.05, 3.63) is 48.2 Å². The second-order valence-electron chi connectivity index (χ2n) is 5.71. The number of guanidine groups is 1. The molecule has 7 nitrogen and oxygen atoms in total. The molecular weight excluding hydrogens is 459 g/mol. The van der Waals surface area contributed by atoms with Gasteiger partial charge in [-0.3, -0.25) is 4.99 Å². The van der Waals surface area contributed by atoms with Crippen molar-refractivity contribution in [3.8, 4) is 17.4 Å². The van der Waals surface area contributed by atoms with E-state index < -0.39 is 0 Å². The summed E-state index contributed by atoms with van der Waals surface area (Å²) in [6.07, 6.45) is 1.77. The zero-order valence-corrected chi connectivity index (χ0v) is 18.4. The maximum atomic E-state index is 5.74. The van der Waals surface area contributed by atoms with Crippen LogP contribution in [0.5, 0.6) is 17.4 Å². The number of halogens is 1. The van der Waals surface area contributed by atoms with Crippen LogP contribution in [0, 0.1) is 0 Å². The maximum absolute atomic E-state index is 5.74. The van der Waals surface area contributed by atoms with Gasteiger partial charge in [-0.1, -0.05) is 12.1 Å². The number of aliphatic imine (C=N–C) groups is 1. The van der Waals surface area contributed by atoms with Crippen LogP contribution in [0.1, 0.15) is 12.5 Å². The highest BCUT2D eigenvalue weighted by Gasteiger charge is 2.05. The summed E-state index contributed by atoms with van der Waals surface area (Å²) in [6, 6.07) is 11.4. The van der Waals surface area contributed by atoms with Gasteiger partial charge >= 0.3 is 0 Å². The summed E-state index contributed by atoms with van der Waals surface area (Å²) < 4.78 is 16.0. The Balaban J connectivity index is 0.00000364. The van der Waals surface area contributed by atoms with Crippen LogP contribution in [0.3, 0.4) is 0 Å². The Labute approximate surface area is 177 Å². The SMILES string of the molecule is CN=C(NCc1ccc(Oc2cccc(OC)c2)nc1)NC(C)COC.I. The first-order valence-electron chi connectivity index (χ1n) is 8.37. The van der Waals surface area contributed by atoms with Gasteiger partial charge in [-0.05, 0) is 24.6 Å². The smallest absolute Gasteiger partial charge is 0.219 e. The average Bonchev–Trinajstić information content (AvgIpc) is 2.66. The number of nitrogens with one attached hydrogen (secondary N) is 2. The molecule has 0 bridgehead atoms. The van der Waals surface area contributed by atoms with E-state index in [4.69, 9.17) is 14.2 Å². The van der Waals surface area contributed by atoms with Gasteiger partial charge in [0, 0.05) is 45.1 Å². The quantitative estimate of drug-likeness (QED) is 0.339. The van der Waals surface area contributed by atoms with E-state index in [1.165, 1.54) is 0 Å². The molecule has 0 spiro atoms. The van der Waals surface area contributed by atoms with Gasteiger partial charge in [-0.15, -0.1) is 24.0 Å². The second kappa shape index (κ2) is 12.3. The fraction of sp³-hybridized carbons (Fsp3) is 0.368. The van der Waals surface area contributed by atoms with Crippen LogP contribution in [-0.2, 0) is 11.3 Å². The summed E-state index contributed by atoms with van der Waals surface area (Å²) in [5.74, 6) is 2.66. The van der Waals surface area contributed by atoms with Gasteiger partial charge in [0.25, 0.3) is 0 Å². The number of pyridine rings is 1. The molecule has 1 heterocycles. The van der Waals surface area contributed by atoms with Crippen molar-refractivity contribution in [2.24, 2.45) is 4.99 Å². The summed E-state index contributed by atoms with van der Waals surface area (Å²) in [5.41, 5.74) is 1.02. The van der Waals surface area contributed by atoms with E-state index in [2.05, 4.69) is 20.6 Å². The van der Waals surface area contributed by atoms with Crippen molar-refractivity contribution in [1.29, 1.82) is 0 Å². The van der Waals surface area contributed by atoms with E-state index in [1.54, 1.807) is 27.5 Å². The first-order chi connectivity index (χ1) is 12.6. The van der Waals surface area contributed by atoms with Gasteiger partial charge in [-0.2, -0.15) is 0 Å². The van der Waals surface area contributed by atoms with E-state index in [1.807, 2.05) is 43.3 Å². The third-order valence-electron chi connectivity index (χ3n) is 3.54. The molecule has 1 aromatic carbocycles. The molecule has 0 fully saturated rings. The molecule has 8 heteroatoms. The zero-order chi connectivity index (χ0) is 18.8. The minimum atomic E-state index is 0. The van der Waals surface area contributed by atoms with Crippen molar-refractivity contribution in [2.75, 3.05) is 27.9 Å². The third kappa shape index (κ3) is 8.00. The van der Waals surface area contributed by atoms with E-state index in [0.29, 0.717) is 30.7 Å². The Morgan fingerprint density at radius 3 is 2.59 bits per heavy atom. The fourth-order valence-electron chi connectivity index (χ4n) is 2.27. The van der Waals surface area contributed by atoms with E-state index in [0.717, 1.165) is 11.3 Å². The molecule has 0 aliphatic heterocycles. The van der Waals surface area contributed by atoms with Crippen molar-refractivity contribution in [3.63, 3.8) is 0 Å². The number of hydrogen-bond donors (Lipinski definition) is 2. The number of methoxy groups -OCH3 is 2. The molecule has 2 N–H and O–H groups in total. The molecule has 2 rings (SSSR count). The highest BCUT2D eigenvalue weighted by atomic mass is 127. The number of hydrogen-bond acceptors (Lipinski definition) is 5. The Morgan fingerprint density at radius 2 is 1.96 bits per heavy atom. The van der Waals surface area contributed by atoms with Crippen LogP contribution in [0.2, 0.25) is 0 Å². The van der Waals surface area contributed by atoms with E-state index in [9.17, 15) is 0 Å². The lowest BCUT2D eigenvalue weighted by Crippen LogP contribution is -2.43. The normalized spacial score (nSPS) is 11.9. The Hall–Kier alpha value is -2.07. The summed E-state index contributed by atoms with van der Waals surface area (Å²) in [4.78, 5) is 8.54. The molecule has 1 unspecified atom stereocenters. The molecule has 2 aromatic rings. The molecule has 0 saturated heterocycles. The number of benzene rings is 1. The number of nitrogens with zero attached hydrogens (tertiary/aromatic N) is 2. The Morgan fingerprint density at radius 1 is 1.19 bits per heavy atom. The van der Waals surface area contributed by atoms with Crippen LogP contribution in [-0.4, -0.2) is 44.9 Å². The Kier molecular flexibility index (Phi) is 10.5. The molecule has 0 aliphatic carbocycles. The van der Waals surface area contributed by atoms with Crippen LogP contribution in [0.15, 0.2) is 47.6 Å². The van der Waals surface area contributed by atoms with Crippen molar-refractivity contribution in [2.45, 2.75) is 19.5 Å². The van der Waals surface area contributed by atoms with E-state index >= 15 is 0 Å². The van der Waals surface area contributed by atoms with Gasteiger partial charge in [0.1, 0.15) is 11.5 Å². The predicted octanol–water partition coefficient (Wildman–Crippen LogP) is 3.20. The molecular formula is C19H27IN4O3. The second-order valence-corrected chi connectivity index (χ2v) is 5.71.